The molecule has 7 nitrogen and oxygen atoms in total. The van der Waals surface area contributed by atoms with Crippen molar-refractivity contribution in [3.63, 3.8) is 0 Å². The molecule has 1 aromatic heterocycles. The molecule has 0 unspecified atom stereocenters. The van der Waals surface area contributed by atoms with Gasteiger partial charge in [0.1, 0.15) is 5.75 Å². The topological polar surface area (TPSA) is 80.2 Å². The Hall–Kier alpha value is -2.57. The lowest BCUT2D eigenvalue weighted by molar-refractivity contribution is 0.340. The summed E-state index contributed by atoms with van der Waals surface area (Å²) in [4.78, 5) is 24.8. The Morgan fingerprint density at radius 1 is 1.25 bits per heavy atom. The van der Waals surface area contributed by atoms with Gasteiger partial charge in [-0.15, -0.1) is 5.10 Å². The molecule has 0 atom stereocenters. The van der Waals surface area contributed by atoms with Crippen molar-refractivity contribution < 1.29 is 4.74 Å². The average Bonchev–Trinajstić information content (AvgIpc) is 2.89. The molecule has 0 radical (unpaired) electrons. The highest BCUT2D eigenvalue weighted by Gasteiger charge is 2.24. The van der Waals surface area contributed by atoms with Crippen LogP contribution in [0.3, 0.4) is 0 Å². The molecular formula is C13H14N4O3. The minimum Gasteiger partial charge on any atom is -0.494 e. The number of hydrogen-bond acceptors (Lipinski definition) is 5. The molecule has 104 valence electrons. The Morgan fingerprint density at radius 3 is 2.70 bits per heavy atom. The summed E-state index contributed by atoms with van der Waals surface area (Å²) in [5.41, 5.74) is -0.357. The third kappa shape index (κ3) is 1.97. The second kappa shape index (κ2) is 4.84. The van der Waals surface area contributed by atoms with Crippen LogP contribution < -0.4 is 20.8 Å². The van der Waals surface area contributed by atoms with Crippen LogP contribution in [-0.4, -0.2) is 27.9 Å². The Bertz CT molecular complexity index is 733. The van der Waals surface area contributed by atoms with Crippen molar-refractivity contribution in [1.82, 2.24) is 14.8 Å². The number of anilines is 2. The highest BCUT2D eigenvalue weighted by Crippen LogP contribution is 2.27. The maximum absolute atomic E-state index is 11.7. The van der Waals surface area contributed by atoms with E-state index in [-0.39, 0.29) is 0 Å². The van der Waals surface area contributed by atoms with Gasteiger partial charge in [0, 0.05) is 18.8 Å². The van der Waals surface area contributed by atoms with Crippen molar-refractivity contribution >= 4 is 11.6 Å². The molecule has 0 fully saturated rings. The molecule has 1 aliphatic rings. The molecule has 0 saturated heterocycles. The standard InChI is InChI=1S/C13H14N4O3/c1-2-20-10-5-3-9(4-6-10)16-7-8-17-12(19)11(18)14-15-13(16)17/h3-6H,2,7-8H2,1H3,(H,14,18). The van der Waals surface area contributed by atoms with E-state index >= 15 is 0 Å². The van der Waals surface area contributed by atoms with E-state index in [1.54, 1.807) is 0 Å². The first-order chi connectivity index (χ1) is 9.70. The van der Waals surface area contributed by atoms with Crippen LogP contribution in [0.25, 0.3) is 0 Å². The van der Waals surface area contributed by atoms with Gasteiger partial charge in [0.05, 0.1) is 6.61 Å². The van der Waals surface area contributed by atoms with E-state index in [0.29, 0.717) is 25.6 Å². The van der Waals surface area contributed by atoms with Gasteiger partial charge in [-0.2, -0.15) is 0 Å². The van der Waals surface area contributed by atoms with E-state index in [0.717, 1.165) is 11.4 Å². The number of H-pyrrole nitrogens is 1. The average molecular weight is 274 g/mol. The molecule has 3 rings (SSSR count). The van der Waals surface area contributed by atoms with Crippen LogP contribution in [0.15, 0.2) is 33.9 Å². The monoisotopic (exact) mass is 274 g/mol. The van der Waals surface area contributed by atoms with Crippen molar-refractivity contribution in [2.75, 3.05) is 18.1 Å². The molecule has 0 amide bonds. The fourth-order valence-corrected chi connectivity index (χ4v) is 2.26. The number of aromatic amines is 1. The van der Waals surface area contributed by atoms with Crippen LogP contribution >= 0.6 is 0 Å². The van der Waals surface area contributed by atoms with E-state index < -0.39 is 11.1 Å². The summed E-state index contributed by atoms with van der Waals surface area (Å²) in [6.45, 7) is 3.60. The molecular weight excluding hydrogens is 260 g/mol. The summed E-state index contributed by atoms with van der Waals surface area (Å²) in [7, 11) is 0. The number of aromatic nitrogens is 3. The smallest absolute Gasteiger partial charge is 0.330 e. The minimum absolute atomic E-state index is 0.457. The van der Waals surface area contributed by atoms with Gasteiger partial charge in [-0.05, 0) is 31.2 Å². The van der Waals surface area contributed by atoms with Gasteiger partial charge < -0.3 is 9.64 Å². The number of ether oxygens (including phenoxy) is 1. The van der Waals surface area contributed by atoms with Crippen molar-refractivity contribution in [1.29, 1.82) is 0 Å². The molecule has 20 heavy (non-hydrogen) atoms. The van der Waals surface area contributed by atoms with E-state index in [1.165, 1.54) is 4.57 Å². The highest BCUT2D eigenvalue weighted by atomic mass is 16.5. The third-order valence-corrected chi connectivity index (χ3v) is 3.19. The summed E-state index contributed by atoms with van der Waals surface area (Å²) in [6, 6.07) is 7.53. The summed E-state index contributed by atoms with van der Waals surface area (Å²) in [5, 5.41) is 6.18. The molecule has 0 bridgehead atoms. The molecule has 2 aromatic rings. The van der Waals surface area contributed by atoms with Crippen LogP contribution in [0.1, 0.15) is 6.92 Å². The largest absolute Gasteiger partial charge is 0.494 e. The van der Waals surface area contributed by atoms with Crippen molar-refractivity contribution in [3.8, 4) is 5.75 Å². The second-order valence-corrected chi connectivity index (χ2v) is 4.39. The van der Waals surface area contributed by atoms with Gasteiger partial charge in [-0.1, -0.05) is 0 Å². The van der Waals surface area contributed by atoms with Gasteiger partial charge in [0.2, 0.25) is 5.95 Å². The van der Waals surface area contributed by atoms with E-state index in [1.807, 2.05) is 36.1 Å². The Balaban J connectivity index is 1.97. The van der Waals surface area contributed by atoms with E-state index in [2.05, 4.69) is 10.2 Å². The zero-order chi connectivity index (χ0) is 14.1. The summed E-state index contributed by atoms with van der Waals surface area (Å²) in [6.07, 6.45) is 0. The summed E-state index contributed by atoms with van der Waals surface area (Å²) in [5.74, 6) is 1.25. The third-order valence-electron chi connectivity index (χ3n) is 3.19. The van der Waals surface area contributed by atoms with Crippen molar-refractivity contribution in [2.45, 2.75) is 13.5 Å². The van der Waals surface area contributed by atoms with E-state index in [9.17, 15) is 9.59 Å². The lowest BCUT2D eigenvalue weighted by Crippen LogP contribution is -2.36. The first kappa shape index (κ1) is 12.5. The van der Waals surface area contributed by atoms with Gasteiger partial charge >= 0.3 is 11.1 Å². The first-order valence-electron chi connectivity index (χ1n) is 6.40. The van der Waals surface area contributed by atoms with Gasteiger partial charge in [-0.3, -0.25) is 14.2 Å². The number of rotatable bonds is 3. The number of nitrogens with zero attached hydrogens (tertiary/aromatic N) is 3. The lowest BCUT2D eigenvalue weighted by Gasteiger charge is -2.16. The molecule has 7 heteroatoms. The Morgan fingerprint density at radius 2 is 2.00 bits per heavy atom. The maximum atomic E-state index is 11.7. The molecule has 2 heterocycles. The van der Waals surface area contributed by atoms with Crippen LogP contribution in [-0.2, 0) is 6.54 Å². The molecule has 0 spiro atoms. The lowest BCUT2D eigenvalue weighted by atomic mass is 10.3. The fraction of sp³-hybridized carbons (Fsp3) is 0.308. The molecule has 0 saturated carbocycles. The van der Waals surface area contributed by atoms with Crippen LogP contribution in [0.5, 0.6) is 5.75 Å². The van der Waals surface area contributed by atoms with E-state index in [4.69, 9.17) is 4.74 Å². The van der Waals surface area contributed by atoms with Crippen LogP contribution in [0, 0.1) is 0 Å². The fourth-order valence-electron chi connectivity index (χ4n) is 2.26. The van der Waals surface area contributed by atoms with Gasteiger partial charge in [0.25, 0.3) is 0 Å². The number of fused-ring (bicyclic) bond motifs is 1. The normalized spacial score (nSPS) is 13.3. The highest BCUT2D eigenvalue weighted by molar-refractivity contribution is 5.59. The zero-order valence-corrected chi connectivity index (χ0v) is 11.0. The summed E-state index contributed by atoms with van der Waals surface area (Å²) < 4.78 is 6.78. The second-order valence-electron chi connectivity index (χ2n) is 4.39. The van der Waals surface area contributed by atoms with Gasteiger partial charge in [-0.25, -0.2) is 5.10 Å². The number of hydrogen-bond donors (Lipinski definition) is 1. The number of nitrogens with one attached hydrogen (secondary N) is 1. The molecule has 1 aromatic carbocycles. The predicted octanol–water partition coefficient (Wildman–Crippen LogP) is 0.482. The SMILES string of the molecule is CCOc1ccc(N2CCn3c2n[nH]c(=O)c3=O)cc1. The zero-order valence-electron chi connectivity index (χ0n) is 11.0. The molecule has 0 aliphatic carbocycles. The van der Waals surface area contributed by atoms with Crippen LogP contribution in [0.4, 0.5) is 11.6 Å². The van der Waals surface area contributed by atoms with Crippen molar-refractivity contribution in [3.05, 3.63) is 45.0 Å². The Kier molecular flexibility index (Phi) is 3.02. The molecule has 1 aliphatic heterocycles. The van der Waals surface area contributed by atoms with Crippen LogP contribution in [0.2, 0.25) is 0 Å². The Labute approximate surface area is 114 Å². The van der Waals surface area contributed by atoms with Crippen molar-refractivity contribution in [2.24, 2.45) is 0 Å². The quantitative estimate of drug-likeness (QED) is 0.823. The first-order valence-corrected chi connectivity index (χ1v) is 6.40. The predicted molar refractivity (Wildman–Crippen MR) is 73.7 cm³/mol. The number of benzene rings is 1. The summed E-state index contributed by atoms with van der Waals surface area (Å²) >= 11 is 0. The molecule has 1 N–H and O–H groups in total. The minimum atomic E-state index is -0.692. The van der Waals surface area contributed by atoms with Gasteiger partial charge in [0.15, 0.2) is 0 Å². The maximum Gasteiger partial charge on any atom is 0.330 e.